The summed E-state index contributed by atoms with van der Waals surface area (Å²) in [6, 6.07) is 9.35. The van der Waals surface area contributed by atoms with Crippen LogP contribution in [0.2, 0.25) is 5.54 Å². The number of benzene rings is 1. The van der Waals surface area contributed by atoms with E-state index in [0.29, 0.717) is 6.42 Å². The fourth-order valence-electron chi connectivity index (χ4n) is 1.89. The van der Waals surface area contributed by atoms with E-state index in [2.05, 4.69) is 0 Å². The molecule has 0 saturated carbocycles. The van der Waals surface area contributed by atoms with Gasteiger partial charge in [0.05, 0.1) is 0 Å². The summed E-state index contributed by atoms with van der Waals surface area (Å²) >= 11 is 0. The van der Waals surface area contributed by atoms with Gasteiger partial charge in [0.25, 0.3) is 0 Å². The Balaban J connectivity index is 2.99. The van der Waals surface area contributed by atoms with E-state index in [1.807, 2.05) is 30.3 Å². The Labute approximate surface area is 108 Å². The Bertz CT molecular complexity index is 369. The molecule has 0 aromatic heterocycles. The van der Waals surface area contributed by atoms with Gasteiger partial charge in [-0.05, 0) is 12.0 Å². The van der Waals surface area contributed by atoms with Crippen molar-refractivity contribution in [2.45, 2.75) is 12.0 Å². The van der Waals surface area contributed by atoms with Gasteiger partial charge in [0, 0.05) is 21.3 Å². The van der Waals surface area contributed by atoms with Crippen LogP contribution in [-0.2, 0) is 24.5 Å². The maximum absolute atomic E-state index is 11.4. The number of carbonyl (C=O) groups is 1. The fraction of sp³-hybridized carbons (Fsp3) is 0.417. The maximum Gasteiger partial charge on any atom is 0.515 e. The molecule has 0 amide bonds. The van der Waals surface area contributed by atoms with Crippen molar-refractivity contribution < 1.29 is 23.2 Å². The van der Waals surface area contributed by atoms with Crippen LogP contribution in [-0.4, -0.2) is 41.2 Å². The molecule has 0 radical (unpaired) electrons. The summed E-state index contributed by atoms with van der Waals surface area (Å²) in [6.07, 6.45) is 0.317. The van der Waals surface area contributed by atoms with E-state index in [0.717, 1.165) is 5.56 Å². The highest BCUT2D eigenvalue weighted by atomic mass is 28.4. The molecule has 1 atom stereocenters. The smallest absolute Gasteiger partial charge is 0.481 e. The monoisotopic (exact) mass is 270 g/mol. The number of carboxylic acid groups (broad SMARTS) is 1. The van der Waals surface area contributed by atoms with Crippen molar-refractivity contribution in [3.05, 3.63) is 35.9 Å². The first-order chi connectivity index (χ1) is 8.59. The molecule has 0 aliphatic rings. The van der Waals surface area contributed by atoms with Crippen molar-refractivity contribution >= 4 is 14.8 Å². The van der Waals surface area contributed by atoms with Crippen molar-refractivity contribution in [1.29, 1.82) is 0 Å². The number of carboxylic acids is 1. The van der Waals surface area contributed by atoms with Gasteiger partial charge >= 0.3 is 14.8 Å². The van der Waals surface area contributed by atoms with Crippen molar-refractivity contribution in [3.63, 3.8) is 0 Å². The summed E-state index contributed by atoms with van der Waals surface area (Å²) in [6.45, 7) is 0. The number of hydrogen-bond donors (Lipinski definition) is 1. The van der Waals surface area contributed by atoms with Crippen LogP contribution >= 0.6 is 0 Å². The minimum absolute atomic E-state index is 0.317. The quantitative estimate of drug-likeness (QED) is 0.762. The Hall–Kier alpha value is -1.21. The second-order valence-electron chi connectivity index (χ2n) is 3.80. The molecule has 0 bridgehead atoms. The molecule has 1 unspecified atom stereocenters. The SMILES string of the molecule is CO[Si](OC)(OC)C(Cc1ccccc1)C(=O)O. The molecule has 6 heteroatoms. The Morgan fingerprint density at radius 1 is 1.17 bits per heavy atom. The molecule has 1 N–H and O–H groups in total. The maximum atomic E-state index is 11.4. The zero-order valence-electron chi connectivity index (χ0n) is 10.8. The van der Waals surface area contributed by atoms with Crippen LogP contribution in [0.25, 0.3) is 0 Å². The van der Waals surface area contributed by atoms with Gasteiger partial charge < -0.3 is 18.4 Å². The zero-order chi connectivity index (χ0) is 13.6. The number of hydrogen-bond acceptors (Lipinski definition) is 4. The molecule has 1 rings (SSSR count). The van der Waals surface area contributed by atoms with E-state index in [4.69, 9.17) is 13.3 Å². The molecule has 1 aromatic carbocycles. The minimum Gasteiger partial charge on any atom is -0.481 e. The first-order valence-corrected chi connectivity index (χ1v) is 7.32. The third-order valence-electron chi connectivity index (χ3n) is 2.86. The van der Waals surface area contributed by atoms with Gasteiger partial charge in [0.15, 0.2) is 0 Å². The lowest BCUT2D eigenvalue weighted by molar-refractivity contribution is -0.138. The predicted molar refractivity (Wildman–Crippen MR) is 68.3 cm³/mol. The fourth-order valence-corrected chi connectivity index (χ4v) is 4.03. The summed E-state index contributed by atoms with van der Waals surface area (Å²) in [5.41, 5.74) is 0.0906. The van der Waals surface area contributed by atoms with Crippen LogP contribution in [0, 0.1) is 0 Å². The van der Waals surface area contributed by atoms with Crippen LogP contribution in [0.15, 0.2) is 30.3 Å². The van der Waals surface area contributed by atoms with Gasteiger partial charge in [-0.25, -0.2) is 0 Å². The molecule has 100 valence electrons. The van der Waals surface area contributed by atoms with Gasteiger partial charge in [-0.15, -0.1) is 0 Å². The second kappa shape index (κ2) is 6.65. The van der Waals surface area contributed by atoms with Crippen LogP contribution in [0.4, 0.5) is 0 Å². The second-order valence-corrected chi connectivity index (χ2v) is 6.93. The van der Waals surface area contributed by atoms with E-state index in [1.165, 1.54) is 21.3 Å². The highest BCUT2D eigenvalue weighted by Gasteiger charge is 2.51. The molecule has 0 spiro atoms. The molecule has 5 nitrogen and oxygen atoms in total. The number of aliphatic carboxylic acids is 1. The summed E-state index contributed by atoms with van der Waals surface area (Å²) < 4.78 is 15.7. The molecule has 0 aliphatic carbocycles. The van der Waals surface area contributed by atoms with E-state index in [-0.39, 0.29) is 0 Å². The van der Waals surface area contributed by atoms with Crippen molar-refractivity contribution in [3.8, 4) is 0 Å². The summed E-state index contributed by atoms with van der Waals surface area (Å²) in [7, 11) is 1.06. The predicted octanol–water partition coefficient (Wildman–Crippen LogP) is 1.56. The third-order valence-corrected chi connectivity index (χ3v) is 5.87. The van der Waals surface area contributed by atoms with Crippen LogP contribution in [0.5, 0.6) is 0 Å². The Morgan fingerprint density at radius 3 is 2.06 bits per heavy atom. The number of rotatable bonds is 7. The van der Waals surface area contributed by atoms with Crippen LogP contribution < -0.4 is 0 Å². The van der Waals surface area contributed by atoms with Gasteiger partial charge in [-0.3, -0.25) is 4.79 Å². The van der Waals surface area contributed by atoms with Crippen molar-refractivity contribution in [2.75, 3.05) is 21.3 Å². The van der Waals surface area contributed by atoms with Crippen molar-refractivity contribution in [2.24, 2.45) is 0 Å². The lowest BCUT2D eigenvalue weighted by Gasteiger charge is -2.29. The molecule has 0 aliphatic heterocycles. The topological polar surface area (TPSA) is 65.0 Å². The lowest BCUT2D eigenvalue weighted by atomic mass is 10.1. The van der Waals surface area contributed by atoms with Gasteiger partial charge in [0.1, 0.15) is 5.54 Å². The van der Waals surface area contributed by atoms with Gasteiger partial charge in [0.2, 0.25) is 0 Å². The van der Waals surface area contributed by atoms with E-state index in [1.54, 1.807) is 0 Å². The highest BCUT2D eigenvalue weighted by Crippen LogP contribution is 2.28. The zero-order valence-corrected chi connectivity index (χ0v) is 11.8. The van der Waals surface area contributed by atoms with E-state index >= 15 is 0 Å². The van der Waals surface area contributed by atoms with E-state index in [9.17, 15) is 9.90 Å². The normalized spacial score (nSPS) is 13.3. The molecule has 0 saturated heterocycles. The first kappa shape index (κ1) is 14.8. The van der Waals surface area contributed by atoms with Gasteiger partial charge in [-0.1, -0.05) is 30.3 Å². The van der Waals surface area contributed by atoms with E-state index < -0.39 is 20.3 Å². The minimum atomic E-state index is -3.19. The average molecular weight is 270 g/mol. The molecular weight excluding hydrogens is 252 g/mol. The largest absolute Gasteiger partial charge is 0.515 e. The molecule has 0 heterocycles. The Morgan fingerprint density at radius 2 is 1.67 bits per heavy atom. The molecule has 1 aromatic rings. The molecule has 0 fully saturated rings. The summed E-state index contributed by atoms with van der Waals surface area (Å²) in [4.78, 5) is 11.4. The van der Waals surface area contributed by atoms with Crippen molar-refractivity contribution in [1.82, 2.24) is 0 Å². The molecule has 18 heavy (non-hydrogen) atoms. The highest BCUT2D eigenvalue weighted by molar-refractivity contribution is 6.66. The summed E-state index contributed by atoms with van der Waals surface area (Å²) in [5, 5.41) is 9.36. The van der Waals surface area contributed by atoms with Crippen LogP contribution in [0.1, 0.15) is 5.56 Å². The summed E-state index contributed by atoms with van der Waals surface area (Å²) in [5.74, 6) is -0.976. The lowest BCUT2D eigenvalue weighted by Crippen LogP contribution is -2.51. The average Bonchev–Trinajstić information content (AvgIpc) is 2.41. The third kappa shape index (κ3) is 3.17. The molecular formula is C12H18O5Si. The Kier molecular flexibility index (Phi) is 5.48. The first-order valence-electron chi connectivity index (χ1n) is 5.51. The standard InChI is InChI=1S/C12H18O5Si/c1-15-18(16-2,17-3)11(12(13)14)9-10-7-5-4-6-8-10/h4-8,11H,9H2,1-3H3,(H,13,14). The van der Waals surface area contributed by atoms with Crippen LogP contribution in [0.3, 0.4) is 0 Å². The van der Waals surface area contributed by atoms with Gasteiger partial charge in [-0.2, -0.15) is 0 Å².